The van der Waals surface area contributed by atoms with Crippen molar-refractivity contribution in [3.05, 3.63) is 35.5 Å². The van der Waals surface area contributed by atoms with Crippen LogP contribution < -0.4 is 9.47 Å². The van der Waals surface area contributed by atoms with Crippen LogP contribution in [0.2, 0.25) is 0 Å². The summed E-state index contributed by atoms with van der Waals surface area (Å²) in [7, 11) is 3.14. The molecule has 0 radical (unpaired) electrons. The maximum atomic E-state index is 12.7. The number of piperidine rings is 1. The Kier molecular flexibility index (Phi) is 4.69. The molecule has 24 heavy (non-hydrogen) atoms. The van der Waals surface area contributed by atoms with Crippen LogP contribution in [-0.4, -0.2) is 48.3 Å². The van der Waals surface area contributed by atoms with Crippen molar-refractivity contribution in [2.45, 2.75) is 25.7 Å². The third kappa shape index (κ3) is 3.34. The van der Waals surface area contributed by atoms with E-state index >= 15 is 0 Å². The highest BCUT2D eigenvalue weighted by molar-refractivity contribution is 5.95. The van der Waals surface area contributed by atoms with Crippen molar-refractivity contribution < 1.29 is 18.7 Å². The predicted octanol–water partition coefficient (Wildman–Crippen LogP) is 2.42. The van der Waals surface area contributed by atoms with Crippen LogP contribution in [0.4, 0.5) is 0 Å². The Morgan fingerprint density at radius 3 is 2.25 bits per heavy atom. The molecule has 2 heterocycles. The molecule has 0 atom stereocenters. The fraction of sp³-hybridized carbons (Fsp3) is 0.471. The molecule has 1 amide bonds. The van der Waals surface area contributed by atoms with E-state index in [4.69, 9.17) is 13.9 Å². The predicted molar refractivity (Wildman–Crippen MR) is 86.5 cm³/mol. The molecule has 0 spiro atoms. The largest absolute Gasteiger partial charge is 0.497 e. The minimum atomic E-state index is -0.0210. The first-order valence-electron chi connectivity index (χ1n) is 7.93. The molecule has 0 bridgehead atoms. The molecule has 7 heteroatoms. The Balaban J connectivity index is 1.69. The zero-order chi connectivity index (χ0) is 17.1. The average molecular weight is 331 g/mol. The molecule has 128 valence electrons. The van der Waals surface area contributed by atoms with Crippen LogP contribution in [0, 0.1) is 6.92 Å². The highest BCUT2D eigenvalue weighted by Gasteiger charge is 2.28. The maximum absolute atomic E-state index is 12.7. The van der Waals surface area contributed by atoms with Crippen LogP contribution in [0.15, 0.2) is 22.6 Å². The number of likely N-dealkylation sites (tertiary alicyclic amines) is 1. The third-order valence-corrected chi connectivity index (χ3v) is 4.27. The number of amides is 1. The molecule has 3 rings (SSSR count). The van der Waals surface area contributed by atoms with Crippen LogP contribution in [0.5, 0.6) is 11.5 Å². The number of hydrogen-bond acceptors (Lipinski definition) is 6. The molecule has 0 aliphatic carbocycles. The van der Waals surface area contributed by atoms with Gasteiger partial charge in [0.15, 0.2) is 0 Å². The van der Waals surface area contributed by atoms with E-state index in [9.17, 15) is 4.79 Å². The number of nitrogens with zero attached hydrogens (tertiary/aromatic N) is 3. The number of hydrogen-bond donors (Lipinski definition) is 0. The van der Waals surface area contributed by atoms with Gasteiger partial charge in [-0.3, -0.25) is 4.79 Å². The van der Waals surface area contributed by atoms with Gasteiger partial charge in [-0.15, -0.1) is 10.2 Å². The molecule has 0 saturated carbocycles. The van der Waals surface area contributed by atoms with Crippen LogP contribution in [0.1, 0.15) is 40.9 Å². The number of carbonyl (C=O) groups excluding carboxylic acids is 1. The van der Waals surface area contributed by atoms with Gasteiger partial charge < -0.3 is 18.8 Å². The van der Waals surface area contributed by atoms with Crippen molar-refractivity contribution in [3.63, 3.8) is 0 Å². The first kappa shape index (κ1) is 16.3. The molecule has 0 unspecified atom stereocenters. The number of benzene rings is 1. The molecule has 1 aliphatic rings. The number of ether oxygens (including phenoxy) is 2. The van der Waals surface area contributed by atoms with Crippen LogP contribution in [-0.2, 0) is 0 Å². The SMILES string of the molecule is COc1cc(OC)cc(C(=O)N2CCC(c3nnc(C)o3)CC2)c1. The van der Waals surface area contributed by atoms with E-state index in [1.165, 1.54) is 0 Å². The molecular weight excluding hydrogens is 310 g/mol. The number of carbonyl (C=O) groups is 1. The number of aromatic nitrogens is 2. The van der Waals surface area contributed by atoms with Crippen molar-refractivity contribution in [2.24, 2.45) is 0 Å². The highest BCUT2D eigenvalue weighted by Crippen LogP contribution is 2.29. The van der Waals surface area contributed by atoms with Gasteiger partial charge in [0.2, 0.25) is 11.8 Å². The second-order valence-electron chi connectivity index (χ2n) is 5.83. The summed E-state index contributed by atoms with van der Waals surface area (Å²) in [5.41, 5.74) is 0.568. The second-order valence-corrected chi connectivity index (χ2v) is 5.83. The summed E-state index contributed by atoms with van der Waals surface area (Å²) in [6, 6.07) is 5.22. The van der Waals surface area contributed by atoms with Gasteiger partial charge in [0.25, 0.3) is 5.91 Å². The molecule has 7 nitrogen and oxygen atoms in total. The zero-order valence-electron chi connectivity index (χ0n) is 14.1. The minimum Gasteiger partial charge on any atom is -0.497 e. The van der Waals surface area contributed by atoms with Gasteiger partial charge in [0, 0.05) is 37.6 Å². The third-order valence-electron chi connectivity index (χ3n) is 4.27. The Labute approximate surface area is 140 Å². The van der Waals surface area contributed by atoms with Crippen LogP contribution in [0.3, 0.4) is 0 Å². The molecule has 1 aromatic heterocycles. The van der Waals surface area contributed by atoms with Crippen molar-refractivity contribution in [2.75, 3.05) is 27.3 Å². The minimum absolute atomic E-state index is 0.0210. The zero-order valence-corrected chi connectivity index (χ0v) is 14.1. The molecule has 1 aromatic carbocycles. The topological polar surface area (TPSA) is 77.7 Å². The van der Waals surface area contributed by atoms with Crippen molar-refractivity contribution in [3.8, 4) is 11.5 Å². The second kappa shape index (κ2) is 6.90. The standard InChI is InChI=1S/C17H21N3O4/c1-11-18-19-16(24-11)12-4-6-20(7-5-12)17(21)13-8-14(22-2)10-15(9-13)23-3/h8-10,12H,4-7H2,1-3H3. The molecule has 1 fully saturated rings. The molecule has 2 aromatic rings. The van der Waals surface area contributed by atoms with E-state index in [0.717, 1.165) is 12.8 Å². The van der Waals surface area contributed by atoms with Crippen molar-refractivity contribution in [1.82, 2.24) is 15.1 Å². The Morgan fingerprint density at radius 1 is 1.12 bits per heavy atom. The van der Waals surface area contributed by atoms with Crippen LogP contribution in [0.25, 0.3) is 0 Å². The Morgan fingerprint density at radius 2 is 1.75 bits per heavy atom. The number of methoxy groups -OCH3 is 2. The van der Waals surface area contributed by atoms with Crippen LogP contribution >= 0.6 is 0 Å². The smallest absolute Gasteiger partial charge is 0.254 e. The Hall–Kier alpha value is -2.57. The Bertz CT molecular complexity index is 698. The maximum Gasteiger partial charge on any atom is 0.254 e. The van der Waals surface area contributed by atoms with E-state index in [2.05, 4.69) is 10.2 Å². The summed E-state index contributed by atoms with van der Waals surface area (Å²) in [6.45, 7) is 3.10. The molecule has 1 saturated heterocycles. The van der Waals surface area contributed by atoms with Crippen molar-refractivity contribution in [1.29, 1.82) is 0 Å². The fourth-order valence-corrected chi connectivity index (χ4v) is 2.92. The molecular formula is C17H21N3O4. The molecule has 1 aliphatic heterocycles. The van der Waals surface area contributed by atoms with Gasteiger partial charge in [-0.2, -0.15) is 0 Å². The summed E-state index contributed by atoms with van der Waals surface area (Å²) in [5, 5.41) is 7.97. The normalized spacial score (nSPS) is 15.4. The lowest BCUT2D eigenvalue weighted by Crippen LogP contribution is -2.38. The van der Waals surface area contributed by atoms with E-state index in [1.807, 2.05) is 4.90 Å². The first-order chi connectivity index (χ1) is 11.6. The number of aryl methyl sites for hydroxylation is 1. The average Bonchev–Trinajstić information content (AvgIpc) is 3.07. The van der Waals surface area contributed by atoms with Gasteiger partial charge >= 0.3 is 0 Å². The highest BCUT2D eigenvalue weighted by atomic mass is 16.5. The first-order valence-corrected chi connectivity index (χ1v) is 7.93. The van der Waals surface area contributed by atoms with E-state index in [0.29, 0.717) is 41.9 Å². The lowest BCUT2D eigenvalue weighted by Gasteiger charge is -2.30. The summed E-state index contributed by atoms with van der Waals surface area (Å²) >= 11 is 0. The lowest BCUT2D eigenvalue weighted by atomic mass is 9.96. The summed E-state index contributed by atoms with van der Waals surface area (Å²) in [4.78, 5) is 14.6. The van der Waals surface area contributed by atoms with Gasteiger partial charge in [-0.25, -0.2) is 0 Å². The van der Waals surface area contributed by atoms with Gasteiger partial charge in [-0.05, 0) is 25.0 Å². The van der Waals surface area contributed by atoms with E-state index < -0.39 is 0 Å². The number of rotatable bonds is 4. The van der Waals surface area contributed by atoms with E-state index in [1.54, 1.807) is 39.3 Å². The van der Waals surface area contributed by atoms with Gasteiger partial charge in [0.05, 0.1) is 14.2 Å². The quantitative estimate of drug-likeness (QED) is 0.856. The fourth-order valence-electron chi connectivity index (χ4n) is 2.92. The van der Waals surface area contributed by atoms with Crippen molar-refractivity contribution >= 4 is 5.91 Å². The summed E-state index contributed by atoms with van der Waals surface area (Å²) in [6.07, 6.45) is 1.63. The molecule has 0 N–H and O–H groups in total. The summed E-state index contributed by atoms with van der Waals surface area (Å²) < 4.78 is 16.0. The lowest BCUT2D eigenvalue weighted by molar-refractivity contribution is 0.0705. The van der Waals surface area contributed by atoms with E-state index in [-0.39, 0.29) is 11.8 Å². The summed E-state index contributed by atoms with van der Waals surface area (Å²) in [5.74, 6) is 2.65. The van der Waals surface area contributed by atoms with Gasteiger partial charge in [-0.1, -0.05) is 0 Å². The monoisotopic (exact) mass is 331 g/mol. The van der Waals surface area contributed by atoms with Gasteiger partial charge in [0.1, 0.15) is 11.5 Å².